The molecular formula is C12H8BrClN2O3. The predicted molar refractivity (Wildman–Crippen MR) is 74.9 cm³/mol. The second-order valence-corrected chi connectivity index (χ2v) is 5.01. The van der Waals surface area contributed by atoms with Gasteiger partial charge in [0.25, 0.3) is 0 Å². The van der Waals surface area contributed by atoms with E-state index in [-0.39, 0.29) is 17.3 Å². The van der Waals surface area contributed by atoms with Crippen LogP contribution in [0.4, 0.5) is 5.69 Å². The standard InChI is InChI=1S/C12H8BrClN2O3/c1-7-3-2-4-10(16(17)18)11(7)19-12-9(13)5-8(14)6-15-12/h2-6H,1H3. The average molecular weight is 344 g/mol. The van der Waals surface area contributed by atoms with E-state index in [2.05, 4.69) is 20.9 Å². The molecule has 1 heterocycles. The molecule has 0 aliphatic rings. The van der Waals surface area contributed by atoms with Crippen molar-refractivity contribution in [3.8, 4) is 11.6 Å². The van der Waals surface area contributed by atoms with Crippen molar-refractivity contribution >= 4 is 33.2 Å². The van der Waals surface area contributed by atoms with Gasteiger partial charge in [-0.2, -0.15) is 0 Å². The average Bonchev–Trinajstić information content (AvgIpc) is 2.34. The Bertz CT molecular complexity index is 649. The number of hydrogen-bond donors (Lipinski definition) is 0. The highest BCUT2D eigenvalue weighted by molar-refractivity contribution is 9.10. The minimum absolute atomic E-state index is 0.108. The quantitative estimate of drug-likeness (QED) is 0.607. The summed E-state index contributed by atoms with van der Waals surface area (Å²) in [5.41, 5.74) is 0.543. The molecule has 1 aromatic heterocycles. The maximum Gasteiger partial charge on any atom is 0.311 e. The minimum atomic E-state index is -0.494. The van der Waals surface area contributed by atoms with Crippen molar-refractivity contribution < 1.29 is 9.66 Å². The predicted octanol–water partition coefficient (Wildman–Crippen LogP) is 4.51. The summed E-state index contributed by atoms with van der Waals surface area (Å²) in [6, 6.07) is 6.32. The van der Waals surface area contributed by atoms with E-state index in [0.29, 0.717) is 15.1 Å². The number of rotatable bonds is 3. The van der Waals surface area contributed by atoms with Gasteiger partial charge in [0.2, 0.25) is 11.6 Å². The molecule has 2 rings (SSSR count). The van der Waals surface area contributed by atoms with Crippen molar-refractivity contribution in [1.82, 2.24) is 4.98 Å². The van der Waals surface area contributed by atoms with E-state index >= 15 is 0 Å². The molecule has 1 aromatic carbocycles. The maximum atomic E-state index is 11.0. The van der Waals surface area contributed by atoms with Gasteiger partial charge < -0.3 is 4.74 Å². The number of hydrogen-bond acceptors (Lipinski definition) is 4. The first-order valence-electron chi connectivity index (χ1n) is 5.22. The van der Waals surface area contributed by atoms with Crippen molar-refractivity contribution in [3.05, 3.63) is 55.6 Å². The van der Waals surface area contributed by atoms with Crippen molar-refractivity contribution in [3.63, 3.8) is 0 Å². The molecular weight excluding hydrogens is 336 g/mol. The van der Waals surface area contributed by atoms with Gasteiger partial charge in [0.05, 0.1) is 14.4 Å². The highest BCUT2D eigenvalue weighted by Gasteiger charge is 2.19. The summed E-state index contributed by atoms with van der Waals surface area (Å²) < 4.78 is 6.05. The number of aromatic nitrogens is 1. The van der Waals surface area contributed by atoms with E-state index in [0.717, 1.165) is 0 Å². The van der Waals surface area contributed by atoms with Crippen LogP contribution < -0.4 is 4.74 Å². The number of nitro benzene ring substituents is 1. The Morgan fingerprint density at radius 1 is 1.47 bits per heavy atom. The molecule has 0 bridgehead atoms. The SMILES string of the molecule is Cc1cccc([N+](=O)[O-])c1Oc1ncc(Cl)cc1Br. The van der Waals surface area contributed by atoms with Crippen molar-refractivity contribution in [2.75, 3.05) is 0 Å². The van der Waals surface area contributed by atoms with Gasteiger partial charge in [-0.25, -0.2) is 4.98 Å². The first kappa shape index (κ1) is 13.8. The highest BCUT2D eigenvalue weighted by atomic mass is 79.9. The summed E-state index contributed by atoms with van der Waals surface area (Å²) in [4.78, 5) is 14.5. The second-order valence-electron chi connectivity index (χ2n) is 3.72. The van der Waals surface area contributed by atoms with E-state index in [1.807, 2.05) is 0 Å². The fraction of sp³-hybridized carbons (Fsp3) is 0.0833. The van der Waals surface area contributed by atoms with Gasteiger partial charge in [0.15, 0.2) is 0 Å². The van der Waals surface area contributed by atoms with Gasteiger partial charge in [-0.3, -0.25) is 10.1 Å². The number of halogens is 2. The van der Waals surface area contributed by atoms with Gasteiger partial charge in [-0.15, -0.1) is 0 Å². The van der Waals surface area contributed by atoms with Crippen LogP contribution in [0.25, 0.3) is 0 Å². The summed E-state index contributed by atoms with van der Waals surface area (Å²) in [6.45, 7) is 1.73. The minimum Gasteiger partial charge on any atom is -0.430 e. The summed E-state index contributed by atoms with van der Waals surface area (Å²) in [6.07, 6.45) is 1.41. The smallest absolute Gasteiger partial charge is 0.311 e. The number of ether oxygens (including phenoxy) is 1. The van der Waals surface area contributed by atoms with Crippen LogP contribution in [0, 0.1) is 17.0 Å². The third-order valence-corrected chi connectivity index (χ3v) is 3.14. The molecule has 5 nitrogen and oxygen atoms in total. The van der Waals surface area contributed by atoms with Crippen LogP contribution in [-0.2, 0) is 0 Å². The molecule has 0 saturated carbocycles. The summed E-state index contributed by atoms with van der Waals surface area (Å²) >= 11 is 9.03. The van der Waals surface area contributed by atoms with Crippen molar-refractivity contribution in [1.29, 1.82) is 0 Å². The fourth-order valence-corrected chi connectivity index (χ4v) is 2.21. The Balaban J connectivity index is 2.46. The van der Waals surface area contributed by atoms with Crippen LogP contribution in [0.1, 0.15) is 5.56 Å². The molecule has 0 saturated heterocycles. The lowest BCUT2D eigenvalue weighted by Crippen LogP contribution is -1.97. The molecule has 0 spiro atoms. The zero-order chi connectivity index (χ0) is 14.0. The first-order valence-corrected chi connectivity index (χ1v) is 6.39. The molecule has 0 radical (unpaired) electrons. The van der Waals surface area contributed by atoms with Crippen molar-refractivity contribution in [2.24, 2.45) is 0 Å². The zero-order valence-corrected chi connectivity index (χ0v) is 12.1. The van der Waals surface area contributed by atoms with Crippen LogP contribution in [-0.4, -0.2) is 9.91 Å². The van der Waals surface area contributed by atoms with E-state index in [9.17, 15) is 10.1 Å². The Morgan fingerprint density at radius 3 is 2.84 bits per heavy atom. The molecule has 0 aliphatic carbocycles. The van der Waals surface area contributed by atoms with Crippen LogP contribution in [0.3, 0.4) is 0 Å². The Morgan fingerprint density at radius 2 is 2.21 bits per heavy atom. The van der Waals surface area contributed by atoms with Crippen LogP contribution in [0.15, 0.2) is 34.9 Å². The van der Waals surface area contributed by atoms with Gasteiger partial charge in [-0.1, -0.05) is 23.7 Å². The summed E-state index contributed by atoms with van der Waals surface area (Å²) in [5.74, 6) is 0.393. The highest BCUT2D eigenvalue weighted by Crippen LogP contribution is 2.36. The molecule has 0 amide bonds. The fourth-order valence-electron chi connectivity index (χ4n) is 1.49. The third kappa shape index (κ3) is 3.02. The molecule has 0 unspecified atom stereocenters. The normalized spacial score (nSPS) is 10.3. The number of aryl methyl sites for hydroxylation is 1. The topological polar surface area (TPSA) is 65.3 Å². The van der Waals surface area contributed by atoms with Gasteiger partial charge in [0, 0.05) is 12.3 Å². The van der Waals surface area contributed by atoms with E-state index < -0.39 is 4.92 Å². The van der Waals surface area contributed by atoms with Crippen LogP contribution in [0.2, 0.25) is 5.02 Å². The number of para-hydroxylation sites is 1. The second kappa shape index (κ2) is 5.54. The lowest BCUT2D eigenvalue weighted by atomic mass is 10.2. The lowest BCUT2D eigenvalue weighted by molar-refractivity contribution is -0.385. The van der Waals surface area contributed by atoms with E-state index in [1.54, 1.807) is 25.1 Å². The van der Waals surface area contributed by atoms with E-state index in [4.69, 9.17) is 16.3 Å². The molecule has 19 heavy (non-hydrogen) atoms. The number of benzene rings is 1. The lowest BCUT2D eigenvalue weighted by Gasteiger charge is -2.09. The molecule has 0 atom stereocenters. The Hall–Kier alpha value is -1.66. The first-order chi connectivity index (χ1) is 8.99. The third-order valence-electron chi connectivity index (χ3n) is 2.36. The number of nitro groups is 1. The van der Waals surface area contributed by atoms with Crippen LogP contribution >= 0.6 is 27.5 Å². The molecule has 7 heteroatoms. The molecule has 0 N–H and O–H groups in total. The van der Waals surface area contributed by atoms with Crippen LogP contribution in [0.5, 0.6) is 11.6 Å². The summed E-state index contributed by atoms with van der Waals surface area (Å²) in [7, 11) is 0. The molecule has 0 fully saturated rings. The number of pyridine rings is 1. The molecule has 98 valence electrons. The number of nitrogens with zero attached hydrogens (tertiary/aromatic N) is 2. The van der Waals surface area contributed by atoms with Gasteiger partial charge >= 0.3 is 5.69 Å². The van der Waals surface area contributed by atoms with Crippen molar-refractivity contribution in [2.45, 2.75) is 6.92 Å². The molecule has 2 aromatic rings. The zero-order valence-electron chi connectivity index (χ0n) is 9.76. The van der Waals surface area contributed by atoms with Gasteiger partial charge in [-0.05, 0) is 34.5 Å². The summed E-state index contributed by atoms with van der Waals surface area (Å²) in [5, 5.41) is 11.4. The monoisotopic (exact) mass is 342 g/mol. The van der Waals surface area contributed by atoms with Gasteiger partial charge in [0.1, 0.15) is 0 Å². The van der Waals surface area contributed by atoms with E-state index in [1.165, 1.54) is 12.3 Å². The Labute approximate surface area is 122 Å². The largest absolute Gasteiger partial charge is 0.430 e. The Kier molecular flexibility index (Phi) is 4.01. The maximum absolute atomic E-state index is 11.0. The molecule has 0 aliphatic heterocycles.